The van der Waals surface area contributed by atoms with Crippen molar-refractivity contribution in [1.82, 2.24) is 0 Å². The van der Waals surface area contributed by atoms with Gasteiger partial charge in [0.2, 0.25) is 0 Å². The minimum atomic E-state index is -1.07. The fourth-order valence-corrected chi connectivity index (χ4v) is 2.67. The summed E-state index contributed by atoms with van der Waals surface area (Å²) in [6.45, 7) is 6.19. The molecule has 4 heteroatoms. The number of carboxylic acids is 1. The lowest BCUT2D eigenvalue weighted by molar-refractivity contribution is -0.131. The molecule has 1 aliphatic heterocycles. The number of carboxylic acid groups (broad SMARTS) is 1. The number of hydrogen-bond donors (Lipinski definition) is 1. The number of rotatable bonds is 4. The molecule has 1 heterocycles. The molecule has 1 unspecified atom stereocenters. The van der Waals surface area contributed by atoms with E-state index in [9.17, 15) is 9.18 Å². The van der Waals surface area contributed by atoms with E-state index in [4.69, 9.17) is 5.11 Å². The Morgan fingerprint density at radius 1 is 1.50 bits per heavy atom. The Kier molecular flexibility index (Phi) is 4.42. The smallest absolute Gasteiger partial charge is 0.328 e. The molecule has 20 heavy (non-hydrogen) atoms. The number of anilines is 1. The molecule has 1 N–H and O–H groups in total. The lowest BCUT2D eigenvalue weighted by Gasteiger charge is -2.22. The van der Waals surface area contributed by atoms with Gasteiger partial charge < -0.3 is 10.0 Å². The Morgan fingerprint density at radius 3 is 2.85 bits per heavy atom. The van der Waals surface area contributed by atoms with Crippen molar-refractivity contribution in [1.29, 1.82) is 0 Å². The van der Waals surface area contributed by atoms with E-state index in [1.807, 2.05) is 6.07 Å². The molecule has 1 fully saturated rings. The van der Waals surface area contributed by atoms with Gasteiger partial charge in [0.05, 0.1) is 0 Å². The van der Waals surface area contributed by atoms with E-state index in [1.165, 1.54) is 12.1 Å². The Bertz CT molecular complexity index is 525. The van der Waals surface area contributed by atoms with Gasteiger partial charge in [-0.25, -0.2) is 9.18 Å². The monoisotopic (exact) mass is 277 g/mol. The Balaban J connectivity index is 2.28. The minimum absolute atomic E-state index is 0.360. The normalized spacial score (nSPS) is 19.2. The first kappa shape index (κ1) is 14.6. The molecule has 1 aromatic carbocycles. The van der Waals surface area contributed by atoms with Gasteiger partial charge in [-0.1, -0.05) is 19.9 Å². The van der Waals surface area contributed by atoms with Crippen LogP contribution in [0.2, 0.25) is 0 Å². The molecule has 0 aromatic heterocycles. The number of halogens is 1. The average Bonchev–Trinajstić information content (AvgIpc) is 2.86. The van der Waals surface area contributed by atoms with Crippen molar-refractivity contribution in [3.8, 4) is 0 Å². The summed E-state index contributed by atoms with van der Waals surface area (Å²) in [4.78, 5) is 12.8. The third kappa shape index (κ3) is 3.18. The summed E-state index contributed by atoms with van der Waals surface area (Å²) < 4.78 is 13.9. The van der Waals surface area contributed by atoms with Crippen molar-refractivity contribution in [3.05, 3.63) is 35.7 Å². The highest BCUT2D eigenvalue weighted by Crippen LogP contribution is 2.32. The second-order valence-electron chi connectivity index (χ2n) is 5.58. The zero-order valence-corrected chi connectivity index (χ0v) is 11.8. The average molecular weight is 277 g/mol. The van der Waals surface area contributed by atoms with Crippen LogP contribution in [0.5, 0.6) is 0 Å². The number of hydrogen-bond acceptors (Lipinski definition) is 2. The molecule has 0 bridgehead atoms. The minimum Gasteiger partial charge on any atom is -0.478 e. The van der Waals surface area contributed by atoms with Crippen LogP contribution in [-0.4, -0.2) is 24.2 Å². The van der Waals surface area contributed by atoms with Crippen molar-refractivity contribution < 1.29 is 14.3 Å². The van der Waals surface area contributed by atoms with E-state index in [-0.39, 0.29) is 5.82 Å². The number of benzene rings is 1. The van der Waals surface area contributed by atoms with Gasteiger partial charge in [0.25, 0.3) is 0 Å². The van der Waals surface area contributed by atoms with Gasteiger partial charge in [0.15, 0.2) is 0 Å². The highest BCUT2D eigenvalue weighted by Gasteiger charge is 2.26. The molecule has 0 spiro atoms. The SMILES string of the molecule is CC(C)C1CCN(c2cccc(F)c2/C=C/C(=O)O)C1. The summed E-state index contributed by atoms with van der Waals surface area (Å²) in [5.41, 5.74) is 1.14. The molecule has 1 saturated heterocycles. The van der Waals surface area contributed by atoms with Crippen LogP contribution in [-0.2, 0) is 4.79 Å². The van der Waals surface area contributed by atoms with E-state index < -0.39 is 5.97 Å². The van der Waals surface area contributed by atoms with Crippen LogP contribution in [0.3, 0.4) is 0 Å². The van der Waals surface area contributed by atoms with Crippen LogP contribution in [0.1, 0.15) is 25.8 Å². The van der Waals surface area contributed by atoms with Gasteiger partial charge in [-0.2, -0.15) is 0 Å². The van der Waals surface area contributed by atoms with Crippen LogP contribution >= 0.6 is 0 Å². The zero-order chi connectivity index (χ0) is 14.7. The van der Waals surface area contributed by atoms with Gasteiger partial charge in [-0.15, -0.1) is 0 Å². The maximum absolute atomic E-state index is 13.9. The molecule has 0 saturated carbocycles. The molecule has 3 nitrogen and oxygen atoms in total. The fourth-order valence-electron chi connectivity index (χ4n) is 2.67. The van der Waals surface area contributed by atoms with Crippen molar-refractivity contribution in [3.63, 3.8) is 0 Å². The number of aliphatic carboxylic acids is 1. The van der Waals surface area contributed by atoms with Crippen LogP contribution in [0.4, 0.5) is 10.1 Å². The highest BCUT2D eigenvalue weighted by molar-refractivity contribution is 5.87. The predicted molar refractivity (Wildman–Crippen MR) is 78.2 cm³/mol. The van der Waals surface area contributed by atoms with Crippen molar-refractivity contribution in [2.75, 3.05) is 18.0 Å². The molecule has 1 atom stereocenters. The van der Waals surface area contributed by atoms with E-state index >= 15 is 0 Å². The summed E-state index contributed by atoms with van der Waals surface area (Å²) in [7, 11) is 0. The lowest BCUT2D eigenvalue weighted by Crippen LogP contribution is -2.22. The molecule has 2 rings (SSSR count). The maximum atomic E-state index is 13.9. The molecule has 1 aromatic rings. The second kappa shape index (κ2) is 6.07. The third-order valence-electron chi connectivity index (χ3n) is 3.93. The first-order valence-corrected chi connectivity index (χ1v) is 6.93. The fraction of sp³-hybridized carbons (Fsp3) is 0.438. The van der Waals surface area contributed by atoms with Crippen LogP contribution in [0, 0.1) is 17.7 Å². The summed E-state index contributed by atoms with van der Waals surface area (Å²) in [5, 5.41) is 8.71. The topological polar surface area (TPSA) is 40.5 Å². The second-order valence-corrected chi connectivity index (χ2v) is 5.58. The van der Waals surface area contributed by atoms with Crippen molar-refractivity contribution in [2.45, 2.75) is 20.3 Å². The molecule has 0 aliphatic carbocycles. The van der Waals surface area contributed by atoms with E-state index in [2.05, 4.69) is 18.7 Å². The summed E-state index contributed by atoms with van der Waals surface area (Å²) >= 11 is 0. The van der Waals surface area contributed by atoms with E-state index in [0.717, 1.165) is 31.3 Å². The molecular weight excluding hydrogens is 257 g/mol. The van der Waals surface area contributed by atoms with Gasteiger partial charge in [-0.05, 0) is 36.5 Å². The van der Waals surface area contributed by atoms with Gasteiger partial charge in [0, 0.05) is 30.4 Å². The summed E-state index contributed by atoms with van der Waals surface area (Å²) in [6, 6.07) is 4.89. The number of carbonyl (C=O) groups is 1. The Labute approximate surface area is 118 Å². The first-order valence-electron chi connectivity index (χ1n) is 6.93. The number of nitrogens with zero attached hydrogens (tertiary/aromatic N) is 1. The summed E-state index contributed by atoms with van der Waals surface area (Å²) in [6.07, 6.45) is 3.42. The van der Waals surface area contributed by atoms with Crippen molar-refractivity contribution >= 4 is 17.7 Å². The molecule has 0 amide bonds. The maximum Gasteiger partial charge on any atom is 0.328 e. The lowest BCUT2D eigenvalue weighted by atomic mass is 9.95. The standard InChI is InChI=1S/C16H20FNO2/c1-11(2)12-8-9-18(10-12)15-5-3-4-14(17)13(15)6-7-16(19)20/h3-7,11-12H,8-10H2,1-2H3,(H,19,20)/b7-6+. The molecule has 0 radical (unpaired) electrons. The van der Waals surface area contributed by atoms with Gasteiger partial charge in [-0.3, -0.25) is 0 Å². The summed E-state index contributed by atoms with van der Waals surface area (Å²) in [5.74, 6) is -0.241. The van der Waals surface area contributed by atoms with E-state index in [0.29, 0.717) is 17.4 Å². The van der Waals surface area contributed by atoms with Crippen molar-refractivity contribution in [2.24, 2.45) is 11.8 Å². The van der Waals surface area contributed by atoms with Crippen LogP contribution < -0.4 is 4.90 Å². The largest absolute Gasteiger partial charge is 0.478 e. The molecule has 1 aliphatic rings. The molecular formula is C16H20FNO2. The van der Waals surface area contributed by atoms with Crippen LogP contribution in [0.15, 0.2) is 24.3 Å². The first-order chi connectivity index (χ1) is 9.49. The van der Waals surface area contributed by atoms with Gasteiger partial charge in [0.1, 0.15) is 5.82 Å². The predicted octanol–water partition coefficient (Wildman–Crippen LogP) is 3.41. The zero-order valence-electron chi connectivity index (χ0n) is 11.8. The Hall–Kier alpha value is -1.84. The third-order valence-corrected chi connectivity index (χ3v) is 3.93. The highest BCUT2D eigenvalue weighted by atomic mass is 19.1. The van der Waals surface area contributed by atoms with E-state index in [1.54, 1.807) is 6.07 Å². The Morgan fingerprint density at radius 2 is 2.25 bits per heavy atom. The van der Waals surface area contributed by atoms with Gasteiger partial charge >= 0.3 is 5.97 Å². The quantitative estimate of drug-likeness (QED) is 0.857. The van der Waals surface area contributed by atoms with Crippen LogP contribution in [0.25, 0.3) is 6.08 Å². The molecule has 108 valence electrons.